The summed E-state index contributed by atoms with van der Waals surface area (Å²) in [6.45, 7) is 2.04. The number of carbonyl (C=O) groups excluding carboxylic acids is 1. The van der Waals surface area contributed by atoms with Gasteiger partial charge in [0.05, 0.1) is 0 Å². The number of halogens is 2. The maximum Gasteiger partial charge on any atom is 0.223 e. The molecule has 4 heteroatoms. The molecular formula is C12H13F2NO. The van der Waals surface area contributed by atoms with E-state index in [4.69, 9.17) is 0 Å². The van der Waals surface area contributed by atoms with Gasteiger partial charge in [-0.3, -0.25) is 4.79 Å². The smallest absolute Gasteiger partial charge is 0.223 e. The summed E-state index contributed by atoms with van der Waals surface area (Å²) in [5, 5.41) is 2.61. The minimum atomic E-state index is -0.495. The van der Waals surface area contributed by atoms with Gasteiger partial charge in [-0.15, -0.1) is 0 Å². The molecule has 1 aromatic rings. The van der Waals surface area contributed by atoms with Crippen LogP contribution in [0.5, 0.6) is 0 Å². The van der Waals surface area contributed by atoms with Crippen LogP contribution in [-0.4, -0.2) is 5.91 Å². The fourth-order valence-corrected chi connectivity index (χ4v) is 1.68. The fraction of sp³-hybridized carbons (Fsp3) is 0.417. The first-order chi connectivity index (χ1) is 7.58. The number of amides is 1. The van der Waals surface area contributed by atoms with Crippen molar-refractivity contribution in [2.24, 2.45) is 11.8 Å². The molecule has 0 heterocycles. The van der Waals surface area contributed by atoms with Crippen LogP contribution >= 0.6 is 0 Å². The van der Waals surface area contributed by atoms with Gasteiger partial charge in [-0.2, -0.15) is 0 Å². The lowest BCUT2D eigenvalue weighted by Crippen LogP contribution is -2.25. The number of hydrogen-bond acceptors (Lipinski definition) is 1. The van der Waals surface area contributed by atoms with Gasteiger partial charge in [-0.05, 0) is 30.5 Å². The topological polar surface area (TPSA) is 29.1 Å². The summed E-state index contributed by atoms with van der Waals surface area (Å²) >= 11 is 0. The Labute approximate surface area is 92.7 Å². The summed E-state index contributed by atoms with van der Waals surface area (Å²) in [7, 11) is 0. The van der Waals surface area contributed by atoms with Crippen LogP contribution < -0.4 is 5.32 Å². The largest absolute Gasteiger partial charge is 0.352 e. The van der Waals surface area contributed by atoms with Crippen molar-refractivity contribution in [3.05, 3.63) is 35.4 Å². The molecule has 1 aliphatic rings. The van der Waals surface area contributed by atoms with E-state index < -0.39 is 11.6 Å². The van der Waals surface area contributed by atoms with Crippen LogP contribution in [0.4, 0.5) is 8.78 Å². The molecule has 0 aromatic heterocycles. The number of carbonyl (C=O) groups is 1. The molecule has 2 rings (SSSR count). The van der Waals surface area contributed by atoms with Crippen molar-refractivity contribution >= 4 is 5.91 Å². The quantitative estimate of drug-likeness (QED) is 0.839. The lowest BCUT2D eigenvalue weighted by Gasteiger charge is -2.05. The Balaban J connectivity index is 1.94. The minimum Gasteiger partial charge on any atom is -0.352 e. The lowest BCUT2D eigenvalue weighted by molar-refractivity contribution is -0.122. The lowest BCUT2D eigenvalue weighted by atomic mass is 10.2. The predicted molar refractivity (Wildman–Crippen MR) is 55.5 cm³/mol. The molecule has 0 aliphatic heterocycles. The molecule has 0 unspecified atom stereocenters. The van der Waals surface area contributed by atoms with E-state index in [1.807, 2.05) is 6.92 Å². The molecule has 1 aliphatic carbocycles. The SMILES string of the molecule is C[C@H]1C[C@@H]1C(=O)NCc1cc(F)ccc1F. The third-order valence-electron chi connectivity index (χ3n) is 2.91. The Morgan fingerprint density at radius 1 is 1.50 bits per heavy atom. The molecule has 0 saturated heterocycles. The highest BCUT2D eigenvalue weighted by molar-refractivity contribution is 5.81. The Hall–Kier alpha value is -1.45. The van der Waals surface area contributed by atoms with E-state index >= 15 is 0 Å². The first-order valence-electron chi connectivity index (χ1n) is 5.29. The third-order valence-corrected chi connectivity index (χ3v) is 2.91. The molecule has 0 spiro atoms. The number of rotatable bonds is 3. The van der Waals surface area contributed by atoms with Crippen LogP contribution in [0, 0.1) is 23.5 Å². The number of nitrogens with one attached hydrogen (secondary N) is 1. The Morgan fingerprint density at radius 2 is 2.19 bits per heavy atom. The van der Waals surface area contributed by atoms with Crippen molar-refractivity contribution < 1.29 is 13.6 Å². The summed E-state index contributed by atoms with van der Waals surface area (Å²) in [6.07, 6.45) is 0.886. The third kappa shape index (κ3) is 2.38. The van der Waals surface area contributed by atoms with Crippen LogP contribution in [0.3, 0.4) is 0 Å². The first kappa shape index (κ1) is 11.0. The van der Waals surface area contributed by atoms with Gasteiger partial charge >= 0.3 is 0 Å². The summed E-state index contributed by atoms with van der Waals surface area (Å²) in [6, 6.07) is 3.23. The van der Waals surface area contributed by atoms with E-state index in [2.05, 4.69) is 5.32 Å². The standard InChI is InChI=1S/C12H13F2NO/c1-7-4-10(7)12(16)15-6-8-5-9(13)2-3-11(8)14/h2-3,5,7,10H,4,6H2,1H3,(H,15,16)/t7-,10-/m0/s1. The average molecular weight is 225 g/mol. The van der Waals surface area contributed by atoms with E-state index in [1.54, 1.807) is 0 Å². The molecule has 0 radical (unpaired) electrons. The fourth-order valence-electron chi connectivity index (χ4n) is 1.68. The molecule has 1 amide bonds. The monoisotopic (exact) mass is 225 g/mol. The molecule has 16 heavy (non-hydrogen) atoms. The van der Waals surface area contributed by atoms with Crippen molar-refractivity contribution in [2.75, 3.05) is 0 Å². The van der Waals surface area contributed by atoms with Gasteiger partial charge in [-0.25, -0.2) is 8.78 Å². The van der Waals surface area contributed by atoms with Crippen molar-refractivity contribution in [1.82, 2.24) is 5.32 Å². The second kappa shape index (κ2) is 4.20. The highest BCUT2D eigenvalue weighted by Crippen LogP contribution is 2.37. The van der Waals surface area contributed by atoms with Crippen molar-refractivity contribution in [3.63, 3.8) is 0 Å². The van der Waals surface area contributed by atoms with Crippen LogP contribution in [0.2, 0.25) is 0 Å². The Bertz CT molecular complexity index is 419. The highest BCUT2D eigenvalue weighted by Gasteiger charge is 2.38. The van der Waals surface area contributed by atoms with Gasteiger partial charge in [0.25, 0.3) is 0 Å². The zero-order valence-corrected chi connectivity index (χ0v) is 8.97. The van der Waals surface area contributed by atoms with Crippen LogP contribution in [0.25, 0.3) is 0 Å². The molecule has 0 bridgehead atoms. The second-order valence-corrected chi connectivity index (χ2v) is 4.27. The number of benzene rings is 1. The van der Waals surface area contributed by atoms with E-state index in [0.717, 1.165) is 24.6 Å². The molecule has 2 nitrogen and oxygen atoms in total. The predicted octanol–water partition coefficient (Wildman–Crippen LogP) is 2.24. The van der Waals surface area contributed by atoms with Gasteiger partial charge in [-0.1, -0.05) is 6.92 Å². The van der Waals surface area contributed by atoms with E-state index in [0.29, 0.717) is 5.92 Å². The van der Waals surface area contributed by atoms with Gasteiger partial charge in [0.2, 0.25) is 5.91 Å². The molecule has 1 aromatic carbocycles. The van der Waals surface area contributed by atoms with E-state index in [-0.39, 0.29) is 23.9 Å². The summed E-state index contributed by atoms with van der Waals surface area (Å²) < 4.78 is 26.0. The summed E-state index contributed by atoms with van der Waals surface area (Å²) in [5.41, 5.74) is 0.182. The van der Waals surface area contributed by atoms with Gasteiger partial charge in [0.1, 0.15) is 11.6 Å². The average Bonchev–Trinajstić information content (AvgIpc) is 2.97. The zero-order valence-electron chi connectivity index (χ0n) is 8.97. The minimum absolute atomic E-state index is 0.0473. The van der Waals surface area contributed by atoms with Gasteiger partial charge in [0.15, 0.2) is 0 Å². The molecule has 2 atom stereocenters. The van der Waals surface area contributed by atoms with Crippen LogP contribution in [0.1, 0.15) is 18.9 Å². The maximum absolute atomic E-state index is 13.2. The summed E-state index contributed by atoms with van der Waals surface area (Å²) in [4.78, 5) is 11.5. The second-order valence-electron chi connectivity index (χ2n) is 4.27. The Morgan fingerprint density at radius 3 is 2.81 bits per heavy atom. The highest BCUT2D eigenvalue weighted by atomic mass is 19.1. The van der Waals surface area contributed by atoms with E-state index in [1.165, 1.54) is 0 Å². The molecule has 86 valence electrons. The van der Waals surface area contributed by atoms with Gasteiger partial charge in [0, 0.05) is 18.0 Å². The molecule has 1 saturated carbocycles. The Kier molecular flexibility index (Phi) is 2.90. The maximum atomic E-state index is 13.2. The molecule has 1 fully saturated rings. The first-order valence-corrected chi connectivity index (χ1v) is 5.29. The van der Waals surface area contributed by atoms with Crippen molar-refractivity contribution in [2.45, 2.75) is 19.9 Å². The van der Waals surface area contributed by atoms with Crippen molar-refractivity contribution in [1.29, 1.82) is 0 Å². The van der Waals surface area contributed by atoms with Crippen LogP contribution in [-0.2, 0) is 11.3 Å². The van der Waals surface area contributed by atoms with Gasteiger partial charge < -0.3 is 5.32 Å². The summed E-state index contributed by atoms with van der Waals surface area (Å²) in [5.74, 6) is -0.596. The van der Waals surface area contributed by atoms with E-state index in [9.17, 15) is 13.6 Å². The normalized spacial score (nSPS) is 22.9. The van der Waals surface area contributed by atoms with Crippen molar-refractivity contribution in [3.8, 4) is 0 Å². The molecular weight excluding hydrogens is 212 g/mol. The zero-order chi connectivity index (χ0) is 11.7. The number of hydrogen-bond donors (Lipinski definition) is 1. The van der Waals surface area contributed by atoms with Crippen LogP contribution in [0.15, 0.2) is 18.2 Å². The molecule has 1 N–H and O–H groups in total.